The molecule has 1 rings (SSSR count). The molecule has 0 aliphatic carbocycles. The maximum absolute atomic E-state index is 13.8. The lowest BCUT2D eigenvalue weighted by atomic mass is 9.96. The predicted octanol–water partition coefficient (Wildman–Crippen LogP) is 3.92. The van der Waals surface area contributed by atoms with Crippen molar-refractivity contribution in [1.82, 2.24) is 15.5 Å². The van der Waals surface area contributed by atoms with Crippen molar-refractivity contribution in [1.29, 1.82) is 5.26 Å². The average molecular weight is 483 g/mol. The maximum Gasteiger partial charge on any atom is 0.408 e. The summed E-state index contributed by atoms with van der Waals surface area (Å²) in [5.41, 5.74) is 0.127. The molecule has 0 heterocycles. The molecule has 190 valence electrons. The van der Waals surface area contributed by atoms with E-state index in [1.165, 1.54) is 4.90 Å². The Balaban J connectivity index is 3.48. The summed E-state index contributed by atoms with van der Waals surface area (Å²) in [6, 6.07) is 6.68. The first-order chi connectivity index (χ1) is 16.4. The van der Waals surface area contributed by atoms with Gasteiger partial charge in [-0.3, -0.25) is 9.59 Å². The number of amides is 3. The van der Waals surface area contributed by atoms with Gasteiger partial charge in [0.2, 0.25) is 11.8 Å². The Kier molecular flexibility index (Phi) is 11.8. The highest BCUT2D eigenvalue weighted by molar-refractivity contribution is 5.92. The zero-order valence-electron chi connectivity index (χ0n) is 21.7. The molecule has 1 aromatic rings. The Bertz CT molecular complexity index is 953. The number of carbonyl (C=O) groups is 3. The number of nitrogens with zero attached hydrogens (tertiary/aromatic N) is 2. The van der Waals surface area contributed by atoms with E-state index in [2.05, 4.69) is 16.6 Å². The highest BCUT2D eigenvalue weighted by atomic mass is 16.6. The maximum atomic E-state index is 13.8. The van der Waals surface area contributed by atoms with E-state index in [4.69, 9.17) is 11.2 Å². The van der Waals surface area contributed by atoms with Gasteiger partial charge in [0.25, 0.3) is 0 Å². The SMILES string of the molecule is C#Cc1ccccc1C(C(=O)NCCCC)N(CC#N)C(=O)C(CC(C)C)NC(=O)OC(C)(C)C. The molecule has 35 heavy (non-hydrogen) atoms. The number of nitrogens with one attached hydrogen (secondary N) is 2. The van der Waals surface area contributed by atoms with Crippen molar-refractivity contribution >= 4 is 17.9 Å². The van der Waals surface area contributed by atoms with Crippen LogP contribution in [0.3, 0.4) is 0 Å². The van der Waals surface area contributed by atoms with Crippen molar-refractivity contribution in [3.8, 4) is 18.4 Å². The van der Waals surface area contributed by atoms with Crippen molar-refractivity contribution in [2.24, 2.45) is 5.92 Å². The highest BCUT2D eigenvalue weighted by Gasteiger charge is 2.37. The van der Waals surface area contributed by atoms with Crippen LogP contribution < -0.4 is 10.6 Å². The van der Waals surface area contributed by atoms with Crippen molar-refractivity contribution in [2.75, 3.05) is 13.1 Å². The molecular weight excluding hydrogens is 444 g/mol. The molecule has 2 N–H and O–H groups in total. The number of hydrogen-bond acceptors (Lipinski definition) is 5. The first-order valence-corrected chi connectivity index (χ1v) is 11.9. The minimum atomic E-state index is -1.14. The van der Waals surface area contributed by atoms with Crippen molar-refractivity contribution in [3.05, 3.63) is 35.4 Å². The molecule has 0 spiro atoms. The quantitative estimate of drug-likeness (QED) is 0.282. The second-order valence-corrected chi connectivity index (χ2v) is 9.73. The number of unbranched alkanes of at least 4 members (excludes halogenated alkanes) is 1. The number of ether oxygens (including phenoxy) is 1. The minimum absolute atomic E-state index is 0.0395. The van der Waals surface area contributed by atoms with Gasteiger partial charge in [-0.2, -0.15) is 5.26 Å². The van der Waals surface area contributed by atoms with Crippen LogP contribution in [0, 0.1) is 29.6 Å². The lowest BCUT2D eigenvalue weighted by Gasteiger charge is -2.33. The van der Waals surface area contributed by atoms with Crippen molar-refractivity contribution in [2.45, 2.75) is 78.5 Å². The Morgan fingerprint density at radius 1 is 1.20 bits per heavy atom. The molecular formula is C27H38N4O4. The molecule has 0 bridgehead atoms. The van der Waals surface area contributed by atoms with Crippen LogP contribution in [-0.4, -0.2) is 47.5 Å². The number of alkyl carbamates (subject to hydrolysis) is 1. The summed E-state index contributed by atoms with van der Waals surface area (Å²) in [6.07, 6.45) is 6.87. The van der Waals surface area contributed by atoms with E-state index in [0.29, 0.717) is 24.1 Å². The van der Waals surface area contributed by atoms with E-state index in [9.17, 15) is 19.6 Å². The van der Waals surface area contributed by atoms with Gasteiger partial charge >= 0.3 is 6.09 Å². The van der Waals surface area contributed by atoms with Gasteiger partial charge in [0.15, 0.2) is 0 Å². The van der Waals surface area contributed by atoms with E-state index >= 15 is 0 Å². The fourth-order valence-electron chi connectivity index (χ4n) is 3.52. The van der Waals surface area contributed by atoms with E-state index in [1.807, 2.05) is 26.8 Å². The Labute approximate surface area is 209 Å². The van der Waals surface area contributed by atoms with Gasteiger partial charge in [-0.1, -0.05) is 51.3 Å². The average Bonchev–Trinajstić information content (AvgIpc) is 2.76. The second-order valence-electron chi connectivity index (χ2n) is 9.73. The fraction of sp³-hybridized carbons (Fsp3) is 0.556. The Morgan fingerprint density at radius 2 is 1.86 bits per heavy atom. The number of benzene rings is 1. The van der Waals surface area contributed by atoms with Crippen LogP contribution in [-0.2, 0) is 14.3 Å². The number of terminal acetylenes is 1. The smallest absolute Gasteiger partial charge is 0.408 e. The zero-order valence-corrected chi connectivity index (χ0v) is 21.7. The standard InChI is InChI=1S/C27H38N4O4/c1-8-10-16-29-24(32)23(21-14-12-11-13-20(21)9-2)31(17-15-28)25(33)22(18-19(3)4)30-26(34)35-27(5,6)7/h2,11-14,19,22-23H,8,10,16-18H2,1,3-7H3,(H,29,32)(H,30,34). The van der Waals surface area contributed by atoms with Crippen LogP contribution in [0.1, 0.15) is 78.0 Å². The van der Waals surface area contributed by atoms with E-state index in [1.54, 1.807) is 45.0 Å². The van der Waals surface area contributed by atoms with Crippen LogP contribution in [0.15, 0.2) is 24.3 Å². The summed E-state index contributed by atoms with van der Waals surface area (Å²) in [5.74, 6) is 1.60. The third-order valence-corrected chi connectivity index (χ3v) is 5.02. The van der Waals surface area contributed by atoms with Gasteiger partial charge in [0, 0.05) is 12.1 Å². The molecule has 0 radical (unpaired) electrons. The summed E-state index contributed by atoms with van der Waals surface area (Å²) in [4.78, 5) is 40.9. The number of rotatable bonds is 11. The molecule has 3 amide bonds. The van der Waals surface area contributed by atoms with E-state index in [0.717, 1.165) is 12.8 Å². The number of hydrogen-bond donors (Lipinski definition) is 2. The van der Waals surface area contributed by atoms with Gasteiger partial charge in [-0.05, 0) is 51.2 Å². The zero-order chi connectivity index (χ0) is 26.6. The Morgan fingerprint density at radius 3 is 2.40 bits per heavy atom. The van der Waals surface area contributed by atoms with Crippen molar-refractivity contribution < 1.29 is 19.1 Å². The van der Waals surface area contributed by atoms with Crippen LogP contribution in [0.2, 0.25) is 0 Å². The molecule has 0 aliphatic rings. The van der Waals surface area contributed by atoms with Gasteiger partial charge in [0.05, 0.1) is 6.07 Å². The lowest BCUT2D eigenvalue weighted by Crippen LogP contribution is -2.53. The monoisotopic (exact) mass is 482 g/mol. The first-order valence-electron chi connectivity index (χ1n) is 11.9. The van der Waals surface area contributed by atoms with Crippen LogP contribution in [0.4, 0.5) is 4.79 Å². The fourth-order valence-corrected chi connectivity index (χ4v) is 3.52. The van der Waals surface area contributed by atoms with Crippen LogP contribution >= 0.6 is 0 Å². The summed E-state index contributed by atoms with van der Waals surface area (Å²) < 4.78 is 5.34. The third kappa shape index (κ3) is 9.70. The normalized spacial score (nSPS) is 12.6. The van der Waals surface area contributed by atoms with Gasteiger partial charge < -0.3 is 20.3 Å². The second kappa shape index (κ2) is 14.0. The molecule has 0 fully saturated rings. The largest absolute Gasteiger partial charge is 0.444 e. The molecule has 2 atom stereocenters. The summed E-state index contributed by atoms with van der Waals surface area (Å²) in [6.45, 7) is 11.0. The highest BCUT2D eigenvalue weighted by Crippen LogP contribution is 2.26. The van der Waals surface area contributed by atoms with Crippen molar-refractivity contribution in [3.63, 3.8) is 0 Å². The number of carbonyl (C=O) groups excluding carboxylic acids is 3. The molecule has 2 unspecified atom stereocenters. The topological polar surface area (TPSA) is 112 Å². The summed E-state index contributed by atoms with van der Waals surface area (Å²) >= 11 is 0. The summed E-state index contributed by atoms with van der Waals surface area (Å²) in [5, 5.41) is 15.1. The Hall–Kier alpha value is -3.52. The lowest BCUT2D eigenvalue weighted by molar-refractivity contribution is -0.142. The molecule has 0 saturated carbocycles. The molecule has 0 saturated heterocycles. The molecule has 0 aromatic heterocycles. The number of nitriles is 1. The molecule has 1 aromatic carbocycles. The minimum Gasteiger partial charge on any atom is -0.444 e. The van der Waals surface area contributed by atoms with Crippen LogP contribution in [0.5, 0.6) is 0 Å². The molecule has 0 aliphatic heterocycles. The third-order valence-electron chi connectivity index (χ3n) is 5.02. The molecule has 8 heteroatoms. The predicted molar refractivity (Wildman–Crippen MR) is 135 cm³/mol. The van der Waals surface area contributed by atoms with E-state index < -0.39 is 35.6 Å². The van der Waals surface area contributed by atoms with Gasteiger partial charge in [-0.25, -0.2) is 4.79 Å². The molecule has 8 nitrogen and oxygen atoms in total. The van der Waals surface area contributed by atoms with E-state index in [-0.39, 0.29) is 12.5 Å². The van der Waals surface area contributed by atoms with Gasteiger partial charge in [0.1, 0.15) is 24.2 Å². The summed E-state index contributed by atoms with van der Waals surface area (Å²) in [7, 11) is 0. The van der Waals surface area contributed by atoms with Crippen LogP contribution in [0.25, 0.3) is 0 Å². The van der Waals surface area contributed by atoms with Gasteiger partial charge in [-0.15, -0.1) is 6.42 Å². The first kappa shape index (κ1) is 29.5.